The van der Waals surface area contributed by atoms with Gasteiger partial charge >= 0.3 is 0 Å². The highest BCUT2D eigenvalue weighted by atomic mass is 19.1. The lowest BCUT2D eigenvalue weighted by Gasteiger charge is -2.07. The predicted molar refractivity (Wildman–Crippen MR) is 40.5 cm³/mol. The average molecular weight is 170 g/mol. The number of halogens is 3. The van der Waals surface area contributed by atoms with Crippen LogP contribution in [0.25, 0.3) is 0 Å². The molecule has 0 heterocycles. The second-order valence-electron chi connectivity index (χ2n) is 2.57. The Morgan fingerprint density at radius 3 is 1.92 bits per heavy atom. The van der Waals surface area contributed by atoms with Crippen molar-refractivity contribution in [2.45, 2.75) is 12.7 Å². The van der Waals surface area contributed by atoms with Crippen molar-refractivity contribution in [2.24, 2.45) is 0 Å². The standard InChI is InChI=1S/C8H6BF3/c1-4(9)8-6(11)2-5(10)3-7(8)12/h2-4H,1H3. The highest BCUT2D eigenvalue weighted by molar-refractivity contribution is 6.12. The zero-order chi connectivity index (χ0) is 9.30. The van der Waals surface area contributed by atoms with Crippen molar-refractivity contribution in [2.75, 3.05) is 0 Å². The minimum absolute atomic E-state index is 0.281. The molecule has 0 fully saturated rings. The van der Waals surface area contributed by atoms with E-state index in [1.54, 1.807) is 0 Å². The van der Waals surface area contributed by atoms with Crippen molar-refractivity contribution in [3.8, 4) is 0 Å². The van der Waals surface area contributed by atoms with E-state index >= 15 is 0 Å². The lowest BCUT2D eigenvalue weighted by atomic mass is 9.82. The third-order valence-corrected chi connectivity index (χ3v) is 1.50. The van der Waals surface area contributed by atoms with Crippen molar-refractivity contribution >= 4 is 7.85 Å². The van der Waals surface area contributed by atoms with Crippen LogP contribution in [0.15, 0.2) is 12.1 Å². The molecule has 0 aliphatic heterocycles. The molecule has 0 saturated heterocycles. The molecular formula is C8H6BF3. The summed E-state index contributed by atoms with van der Waals surface area (Å²) in [6.45, 7) is 1.43. The van der Waals surface area contributed by atoms with E-state index in [1.165, 1.54) is 6.92 Å². The van der Waals surface area contributed by atoms with Gasteiger partial charge in [0.25, 0.3) is 0 Å². The Morgan fingerprint density at radius 2 is 1.58 bits per heavy atom. The van der Waals surface area contributed by atoms with Crippen LogP contribution in [-0.2, 0) is 0 Å². The van der Waals surface area contributed by atoms with Gasteiger partial charge < -0.3 is 0 Å². The predicted octanol–water partition coefficient (Wildman–Crippen LogP) is 2.33. The Morgan fingerprint density at radius 1 is 1.17 bits per heavy atom. The summed E-state index contributed by atoms with van der Waals surface area (Å²) >= 11 is 0. The summed E-state index contributed by atoms with van der Waals surface area (Å²) in [4.78, 5) is 0. The van der Waals surface area contributed by atoms with Gasteiger partial charge in [0.1, 0.15) is 17.5 Å². The largest absolute Gasteiger partial charge is 0.207 e. The van der Waals surface area contributed by atoms with Gasteiger partial charge in [-0.15, -0.1) is 0 Å². The van der Waals surface area contributed by atoms with Crippen LogP contribution in [0.2, 0.25) is 0 Å². The Kier molecular flexibility index (Phi) is 2.45. The minimum atomic E-state index is -0.942. The summed E-state index contributed by atoms with van der Waals surface area (Å²) in [7, 11) is 5.26. The van der Waals surface area contributed by atoms with E-state index in [2.05, 4.69) is 0 Å². The molecule has 0 aliphatic carbocycles. The van der Waals surface area contributed by atoms with Gasteiger partial charge in [-0.25, -0.2) is 13.2 Å². The van der Waals surface area contributed by atoms with Crippen LogP contribution in [0.3, 0.4) is 0 Å². The van der Waals surface area contributed by atoms with Crippen molar-refractivity contribution in [3.63, 3.8) is 0 Å². The second-order valence-corrected chi connectivity index (χ2v) is 2.57. The Bertz CT molecular complexity index is 273. The van der Waals surface area contributed by atoms with Gasteiger partial charge in [0.2, 0.25) is 0 Å². The Balaban J connectivity index is 3.28. The van der Waals surface area contributed by atoms with Crippen molar-refractivity contribution in [1.29, 1.82) is 0 Å². The second kappa shape index (κ2) is 3.21. The Labute approximate surface area is 69.8 Å². The molecule has 0 nitrogen and oxygen atoms in total. The first-order valence-electron chi connectivity index (χ1n) is 3.42. The Hall–Kier alpha value is -0.925. The molecule has 1 rings (SSSR count). The van der Waals surface area contributed by atoms with Crippen LogP contribution in [-0.4, -0.2) is 7.85 Å². The van der Waals surface area contributed by atoms with E-state index in [9.17, 15) is 13.2 Å². The molecule has 0 N–H and O–H groups in total. The molecule has 0 spiro atoms. The first kappa shape index (κ1) is 9.17. The zero-order valence-corrected chi connectivity index (χ0v) is 6.44. The molecule has 0 aliphatic rings. The molecule has 2 radical (unpaired) electrons. The van der Waals surface area contributed by atoms with Crippen molar-refractivity contribution in [1.82, 2.24) is 0 Å². The topological polar surface area (TPSA) is 0 Å². The summed E-state index contributed by atoms with van der Waals surface area (Å²) in [5.41, 5.74) is -0.281. The quantitative estimate of drug-likeness (QED) is 0.567. The first-order chi connectivity index (χ1) is 5.52. The van der Waals surface area contributed by atoms with Gasteiger partial charge in [0, 0.05) is 17.7 Å². The van der Waals surface area contributed by atoms with Crippen molar-refractivity contribution < 1.29 is 13.2 Å². The zero-order valence-electron chi connectivity index (χ0n) is 6.44. The molecule has 1 unspecified atom stereocenters. The van der Waals surface area contributed by atoms with Crippen molar-refractivity contribution in [3.05, 3.63) is 35.1 Å². The van der Waals surface area contributed by atoms with E-state index in [-0.39, 0.29) is 5.56 Å². The third-order valence-electron chi connectivity index (χ3n) is 1.50. The highest BCUT2D eigenvalue weighted by Gasteiger charge is 2.13. The molecule has 0 bridgehead atoms. The first-order valence-corrected chi connectivity index (χ1v) is 3.42. The monoisotopic (exact) mass is 170 g/mol. The molecule has 4 heteroatoms. The van der Waals surface area contributed by atoms with E-state index in [4.69, 9.17) is 7.85 Å². The highest BCUT2D eigenvalue weighted by Crippen LogP contribution is 2.20. The molecular weight excluding hydrogens is 164 g/mol. The molecule has 0 amide bonds. The molecule has 12 heavy (non-hydrogen) atoms. The maximum Gasteiger partial charge on any atom is 0.131 e. The average Bonchev–Trinajstić information content (AvgIpc) is 1.82. The summed E-state index contributed by atoms with van der Waals surface area (Å²) in [6, 6.07) is 1.23. The van der Waals surface area contributed by atoms with Gasteiger partial charge in [0.15, 0.2) is 0 Å². The lowest BCUT2D eigenvalue weighted by molar-refractivity contribution is 0.524. The smallest absolute Gasteiger partial charge is 0.131 e. The van der Waals surface area contributed by atoms with Crippen LogP contribution in [0, 0.1) is 17.5 Å². The van der Waals surface area contributed by atoms with Crippen LogP contribution in [0.1, 0.15) is 18.3 Å². The fourth-order valence-electron chi connectivity index (χ4n) is 0.988. The molecule has 62 valence electrons. The lowest BCUT2D eigenvalue weighted by Crippen LogP contribution is -2.01. The van der Waals surface area contributed by atoms with E-state index in [1.807, 2.05) is 0 Å². The number of hydrogen-bond acceptors (Lipinski definition) is 0. The molecule has 0 aromatic heterocycles. The summed E-state index contributed by atoms with van der Waals surface area (Å²) in [5, 5.41) is 0. The minimum Gasteiger partial charge on any atom is -0.207 e. The fraction of sp³-hybridized carbons (Fsp3) is 0.250. The summed E-state index contributed by atoms with van der Waals surface area (Å²) < 4.78 is 38.0. The van der Waals surface area contributed by atoms with Crippen LogP contribution < -0.4 is 0 Å². The van der Waals surface area contributed by atoms with E-state index in [0.717, 1.165) is 0 Å². The van der Waals surface area contributed by atoms with Crippen LogP contribution in [0.4, 0.5) is 13.2 Å². The van der Waals surface area contributed by atoms with Gasteiger partial charge in [0.05, 0.1) is 7.85 Å². The number of rotatable bonds is 1. The normalized spacial score (nSPS) is 13.0. The molecule has 1 atom stereocenters. The van der Waals surface area contributed by atoms with Gasteiger partial charge in [-0.2, -0.15) is 0 Å². The molecule has 1 aromatic carbocycles. The summed E-state index contributed by atoms with van der Waals surface area (Å²) in [6.07, 6.45) is 0. The maximum atomic E-state index is 12.8. The van der Waals surface area contributed by atoms with E-state index in [0.29, 0.717) is 12.1 Å². The van der Waals surface area contributed by atoms with Crippen LogP contribution in [0.5, 0.6) is 0 Å². The van der Waals surface area contributed by atoms with E-state index < -0.39 is 23.3 Å². The molecule has 1 aromatic rings. The van der Waals surface area contributed by atoms with Crippen LogP contribution >= 0.6 is 0 Å². The SMILES string of the molecule is [B]C(C)c1c(F)cc(F)cc1F. The van der Waals surface area contributed by atoms with Gasteiger partial charge in [-0.05, 0) is 0 Å². The number of benzene rings is 1. The number of hydrogen-bond donors (Lipinski definition) is 0. The van der Waals surface area contributed by atoms with Gasteiger partial charge in [-0.3, -0.25) is 0 Å². The fourth-order valence-corrected chi connectivity index (χ4v) is 0.988. The summed E-state index contributed by atoms with van der Waals surface area (Å²) in [5.74, 6) is -3.59. The maximum absolute atomic E-state index is 12.8. The third kappa shape index (κ3) is 1.63. The van der Waals surface area contributed by atoms with Gasteiger partial charge in [-0.1, -0.05) is 12.7 Å². The molecule has 0 saturated carbocycles.